The van der Waals surface area contributed by atoms with Crippen LogP contribution in [0.1, 0.15) is 38.2 Å². The van der Waals surface area contributed by atoms with Crippen LogP contribution >= 0.6 is 11.6 Å². The molecule has 0 N–H and O–H groups in total. The van der Waals surface area contributed by atoms with Crippen LogP contribution in [0.25, 0.3) is 0 Å². The molecule has 1 aliphatic rings. The van der Waals surface area contributed by atoms with Crippen LogP contribution in [0.15, 0.2) is 24.3 Å². The zero-order valence-corrected chi connectivity index (χ0v) is 11.6. The summed E-state index contributed by atoms with van der Waals surface area (Å²) >= 11 is 5.96. The molecule has 2 rings (SSSR count). The average molecular weight is 252 g/mol. The highest BCUT2D eigenvalue weighted by atomic mass is 35.5. The third kappa shape index (κ3) is 3.46. The van der Waals surface area contributed by atoms with Gasteiger partial charge in [-0.25, -0.2) is 0 Å². The fourth-order valence-corrected chi connectivity index (χ4v) is 2.78. The van der Waals surface area contributed by atoms with E-state index >= 15 is 0 Å². The lowest BCUT2D eigenvalue weighted by atomic mass is 9.88. The Balaban J connectivity index is 2.08. The number of hydrogen-bond acceptors (Lipinski definition) is 1. The first-order valence-corrected chi connectivity index (χ1v) is 7.02. The lowest BCUT2D eigenvalue weighted by molar-refractivity contribution is 0.284. The van der Waals surface area contributed by atoms with Gasteiger partial charge in [0.25, 0.3) is 0 Å². The summed E-state index contributed by atoms with van der Waals surface area (Å²) in [5, 5.41) is 0.831. The quantitative estimate of drug-likeness (QED) is 0.776. The first-order valence-electron chi connectivity index (χ1n) is 6.64. The van der Waals surface area contributed by atoms with E-state index in [2.05, 4.69) is 30.9 Å². The first kappa shape index (κ1) is 12.9. The molecule has 1 aromatic carbocycles. The predicted molar refractivity (Wildman–Crippen MR) is 74.7 cm³/mol. The standard InChI is InChI=1S/C15H22ClN/c1-12(2)15(11-17-9-3-4-10-17)13-5-7-14(16)8-6-13/h5-8,12,15H,3-4,9-11H2,1-2H3. The van der Waals surface area contributed by atoms with E-state index in [4.69, 9.17) is 11.6 Å². The molecule has 1 saturated heterocycles. The Labute approximate surface area is 110 Å². The Bertz CT molecular complexity index is 338. The lowest BCUT2D eigenvalue weighted by Crippen LogP contribution is -2.28. The molecule has 94 valence electrons. The molecule has 0 aromatic heterocycles. The van der Waals surface area contributed by atoms with Crippen LogP contribution in [0.5, 0.6) is 0 Å². The second kappa shape index (κ2) is 5.88. The van der Waals surface area contributed by atoms with Gasteiger partial charge in [0.05, 0.1) is 0 Å². The summed E-state index contributed by atoms with van der Waals surface area (Å²) in [6, 6.07) is 8.39. The summed E-state index contributed by atoms with van der Waals surface area (Å²) in [5.74, 6) is 1.31. The van der Waals surface area contributed by atoms with Crippen molar-refractivity contribution in [1.82, 2.24) is 4.90 Å². The summed E-state index contributed by atoms with van der Waals surface area (Å²) in [6.07, 6.45) is 2.73. The summed E-state index contributed by atoms with van der Waals surface area (Å²) in [6.45, 7) is 8.37. The van der Waals surface area contributed by atoms with Crippen molar-refractivity contribution < 1.29 is 0 Å². The topological polar surface area (TPSA) is 3.24 Å². The number of nitrogens with zero attached hydrogens (tertiary/aromatic N) is 1. The van der Waals surface area contributed by atoms with Crippen molar-refractivity contribution in [3.63, 3.8) is 0 Å². The van der Waals surface area contributed by atoms with E-state index in [0.717, 1.165) is 5.02 Å². The highest BCUT2D eigenvalue weighted by Crippen LogP contribution is 2.27. The van der Waals surface area contributed by atoms with Crippen LogP contribution in [0.3, 0.4) is 0 Å². The Morgan fingerprint density at radius 2 is 1.71 bits per heavy atom. The van der Waals surface area contributed by atoms with Crippen molar-refractivity contribution in [2.45, 2.75) is 32.6 Å². The van der Waals surface area contributed by atoms with Gasteiger partial charge in [-0.05, 0) is 55.5 Å². The minimum Gasteiger partial charge on any atom is -0.303 e. The highest BCUT2D eigenvalue weighted by Gasteiger charge is 2.21. The molecule has 1 aromatic rings. The largest absolute Gasteiger partial charge is 0.303 e. The molecule has 2 heteroatoms. The zero-order chi connectivity index (χ0) is 12.3. The molecular formula is C15H22ClN. The molecule has 17 heavy (non-hydrogen) atoms. The van der Waals surface area contributed by atoms with Crippen LogP contribution in [0, 0.1) is 5.92 Å². The molecule has 1 unspecified atom stereocenters. The van der Waals surface area contributed by atoms with E-state index in [9.17, 15) is 0 Å². The summed E-state index contributed by atoms with van der Waals surface area (Å²) in [5.41, 5.74) is 1.43. The Morgan fingerprint density at radius 1 is 1.12 bits per heavy atom. The van der Waals surface area contributed by atoms with E-state index in [-0.39, 0.29) is 0 Å². The van der Waals surface area contributed by atoms with Crippen molar-refractivity contribution in [2.24, 2.45) is 5.92 Å². The van der Waals surface area contributed by atoms with E-state index in [1.165, 1.54) is 38.0 Å². The third-order valence-electron chi connectivity index (χ3n) is 3.76. The van der Waals surface area contributed by atoms with Crippen LogP contribution < -0.4 is 0 Å². The van der Waals surface area contributed by atoms with Crippen LogP contribution in [0.2, 0.25) is 5.02 Å². The summed E-state index contributed by atoms with van der Waals surface area (Å²) in [7, 11) is 0. The Morgan fingerprint density at radius 3 is 2.24 bits per heavy atom. The van der Waals surface area contributed by atoms with Gasteiger partial charge < -0.3 is 4.90 Å². The molecule has 0 aliphatic carbocycles. The van der Waals surface area contributed by atoms with Crippen molar-refractivity contribution in [1.29, 1.82) is 0 Å². The molecular weight excluding hydrogens is 230 g/mol. The average Bonchev–Trinajstić information content (AvgIpc) is 2.80. The fourth-order valence-electron chi connectivity index (χ4n) is 2.65. The molecule has 1 heterocycles. The number of likely N-dealkylation sites (tertiary alicyclic amines) is 1. The van der Waals surface area contributed by atoms with Crippen molar-refractivity contribution in [3.05, 3.63) is 34.9 Å². The number of rotatable bonds is 4. The van der Waals surface area contributed by atoms with Gasteiger partial charge in [-0.15, -0.1) is 0 Å². The summed E-state index contributed by atoms with van der Waals surface area (Å²) in [4.78, 5) is 2.60. The maximum atomic E-state index is 5.96. The molecule has 0 spiro atoms. The van der Waals surface area contributed by atoms with Crippen LogP contribution in [-0.4, -0.2) is 24.5 Å². The van der Waals surface area contributed by atoms with Gasteiger partial charge in [0.2, 0.25) is 0 Å². The maximum absolute atomic E-state index is 5.96. The molecule has 0 amide bonds. The fraction of sp³-hybridized carbons (Fsp3) is 0.600. The molecule has 0 radical (unpaired) electrons. The third-order valence-corrected chi connectivity index (χ3v) is 4.01. The normalized spacial score (nSPS) is 18.8. The molecule has 1 atom stereocenters. The minimum atomic E-state index is 0.630. The molecule has 1 fully saturated rings. The van der Waals surface area contributed by atoms with Crippen LogP contribution in [-0.2, 0) is 0 Å². The van der Waals surface area contributed by atoms with Crippen LogP contribution in [0.4, 0.5) is 0 Å². The van der Waals surface area contributed by atoms with Gasteiger partial charge in [-0.3, -0.25) is 0 Å². The van der Waals surface area contributed by atoms with Gasteiger partial charge >= 0.3 is 0 Å². The first-order chi connectivity index (χ1) is 8.16. The Kier molecular flexibility index (Phi) is 4.47. The summed E-state index contributed by atoms with van der Waals surface area (Å²) < 4.78 is 0. The monoisotopic (exact) mass is 251 g/mol. The van der Waals surface area contributed by atoms with E-state index in [1.54, 1.807) is 0 Å². The lowest BCUT2D eigenvalue weighted by Gasteiger charge is -2.27. The van der Waals surface area contributed by atoms with Gasteiger partial charge in [0.1, 0.15) is 0 Å². The highest BCUT2D eigenvalue weighted by molar-refractivity contribution is 6.30. The van der Waals surface area contributed by atoms with E-state index in [1.807, 2.05) is 12.1 Å². The number of hydrogen-bond donors (Lipinski definition) is 0. The van der Waals surface area contributed by atoms with E-state index < -0.39 is 0 Å². The minimum absolute atomic E-state index is 0.630. The smallest absolute Gasteiger partial charge is 0.0406 e. The van der Waals surface area contributed by atoms with Crippen molar-refractivity contribution >= 4 is 11.6 Å². The molecule has 0 saturated carbocycles. The predicted octanol–water partition coefficient (Wildman–Crippen LogP) is 4.18. The maximum Gasteiger partial charge on any atom is 0.0406 e. The molecule has 1 nitrogen and oxygen atoms in total. The van der Waals surface area contributed by atoms with Gasteiger partial charge in [0.15, 0.2) is 0 Å². The van der Waals surface area contributed by atoms with Gasteiger partial charge in [-0.2, -0.15) is 0 Å². The molecule has 1 aliphatic heterocycles. The Hall–Kier alpha value is -0.530. The van der Waals surface area contributed by atoms with Crippen molar-refractivity contribution in [3.8, 4) is 0 Å². The van der Waals surface area contributed by atoms with E-state index in [0.29, 0.717) is 11.8 Å². The SMILES string of the molecule is CC(C)C(CN1CCCC1)c1ccc(Cl)cc1. The zero-order valence-electron chi connectivity index (χ0n) is 10.8. The van der Waals surface area contributed by atoms with Gasteiger partial charge in [0, 0.05) is 11.6 Å². The van der Waals surface area contributed by atoms with Gasteiger partial charge in [-0.1, -0.05) is 37.6 Å². The number of halogens is 1. The molecule has 0 bridgehead atoms. The van der Waals surface area contributed by atoms with Crippen molar-refractivity contribution in [2.75, 3.05) is 19.6 Å². The number of benzene rings is 1. The second-order valence-electron chi connectivity index (χ2n) is 5.41. The second-order valence-corrected chi connectivity index (χ2v) is 5.85.